The summed E-state index contributed by atoms with van der Waals surface area (Å²) in [5, 5.41) is 2.57. The number of amides is 1. The summed E-state index contributed by atoms with van der Waals surface area (Å²) in [6.45, 7) is 3.50. The van der Waals surface area contributed by atoms with E-state index in [-0.39, 0.29) is 18.2 Å². The van der Waals surface area contributed by atoms with E-state index < -0.39 is 11.8 Å². The first-order valence-corrected chi connectivity index (χ1v) is 5.51. The van der Waals surface area contributed by atoms with E-state index in [1.54, 1.807) is 13.8 Å². The number of alkyl halides is 3. The standard InChI is InChI=1S/C12H15F3N2O2/c1-11(2,7-16)10(18)17-8-3-5-9(6-4-8)19-12(13,14)15/h3-6H,7,16H2,1-2H3,(H,17,18). The molecular weight excluding hydrogens is 261 g/mol. The zero-order chi connectivity index (χ0) is 14.7. The average molecular weight is 276 g/mol. The Labute approximate surface area is 108 Å². The van der Waals surface area contributed by atoms with Crippen molar-refractivity contribution in [1.29, 1.82) is 0 Å². The van der Waals surface area contributed by atoms with E-state index in [4.69, 9.17) is 5.73 Å². The fraction of sp³-hybridized carbons (Fsp3) is 0.417. The number of hydrogen-bond acceptors (Lipinski definition) is 3. The summed E-state index contributed by atoms with van der Waals surface area (Å²) < 4.78 is 39.6. The summed E-state index contributed by atoms with van der Waals surface area (Å²) in [5.41, 5.74) is 5.08. The van der Waals surface area contributed by atoms with Gasteiger partial charge in [0.1, 0.15) is 5.75 Å². The van der Waals surface area contributed by atoms with Gasteiger partial charge in [-0.05, 0) is 38.1 Å². The van der Waals surface area contributed by atoms with E-state index in [0.29, 0.717) is 5.69 Å². The van der Waals surface area contributed by atoms with Gasteiger partial charge in [-0.3, -0.25) is 4.79 Å². The fourth-order valence-electron chi connectivity index (χ4n) is 1.13. The minimum absolute atomic E-state index is 0.161. The molecule has 0 atom stereocenters. The molecule has 0 heterocycles. The molecule has 0 unspecified atom stereocenters. The van der Waals surface area contributed by atoms with Crippen molar-refractivity contribution in [1.82, 2.24) is 0 Å². The first-order chi connectivity index (χ1) is 8.64. The molecule has 0 aliphatic carbocycles. The topological polar surface area (TPSA) is 64.4 Å². The van der Waals surface area contributed by atoms with Gasteiger partial charge in [-0.2, -0.15) is 0 Å². The van der Waals surface area contributed by atoms with Crippen LogP contribution in [0.3, 0.4) is 0 Å². The van der Waals surface area contributed by atoms with Crippen LogP contribution in [-0.4, -0.2) is 18.8 Å². The number of nitrogens with one attached hydrogen (secondary N) is 1. The smallest absolute Gasteiger partial charge is 0.406 e. The van der Waals surface area contributed by atoms with E-state index in [1.165, 1.54) is 12.1 Å². The van der Waals surface area contributed by atoms with Gasteiger partial charge in [-0.25, -0.2) is 0 Å². The molecule has 1 aromatic rings. The fourth-order valence-corrected chi connectivity index (χ4v) is 1.13. The summed E-state index contributed by atoms with van der Waals surface area (Å²) in [5.74, 6) is -0.650. The molecule has 1 amide bonds. The summed E-state index contributed by atoms with van der Waals surface area (Å²) in [6.07, 6.45) is -4.73. The van der Waals surface area contributed by atoms with Gasteiger partial charge in [-0.15, -0.1) is 13.2 Å². The molecule has 0 fully saturated rings. The van der Waals surface area contributed by atoms with Crippen LogP contribution in [0.1, 0.15) is 13.8 Å². The summed E-state index contributed by atoms with van der Waals surface area (Å²) in [7, 11) is 0. The Kier molecular flexibility index (Phi) is 4.41. The number of halogens is 3. The molecule has 4 nitrogen and oxygen atoms in total. The number of benzene rings is 1. The maximum atomic E-state index is 11.9. The van der Waals surface area contributed by atoms with Crippen molar-refractivity contribution in [2.45, 2.75) is 20.2 Å². The van der Waals surface area contributed by atoms with E-state index in [9.17, 15) is 18.0 Å². The van der Waals surface area contributed by atoms with Crippen molar-refractivity contribution >= 4 is 11.6 Å². The highest BCUT2D eigenvalue weighted by molar-refractivity contribution is 5.94. The third kappa shape index (κ3) is 4.78. The monoisotopic (exact) mass is 276 g/mol. The molecule has 1 aromatic carbocycles. The molecule has 0 bridgehead atoms. The van der Waals surface area contributed by atoms with Gasteiger partial charge >= 0.3 is 6.36 Å². The van der Waals surface area contributed by atoms with Crippen molar-refractivity contribution in [2.24, 2.45) is 11.1 Å². The highest BCUT2D eigenvalue weighted by Gasteiger charge is 2.31. The summed E-state index contributed by atoms with van der Waals surface area (Å²) in [6, 6.07) is 4.90. The maximum Gasteiger partial charge on any atom is 0.573 e. The lowest BCUT2D eigenvalue weighted by Gasteiger charge is -2.21. The van der Waals surface area contributed by atoms with E-state index in [0.717, 1.165) is 12.1 Å². The van der Waals surface area contributed by atoms with Gasteiger partial charge in [-0.1, -0.05) is 0 Å². The Bertz CT molecular complexity index is 441. The minimum Gasteiger partial charge on any atom is -0.406 e. The Morgan fingerprint density at radius 2 is 1.79 bits per heavy atom. The van der Waals surface area contributed by atoms with Crippen LogP contribution in [0.15, 0.2) is 24.3 Å². The molecule has 1 rings (SSSR count). The number of carbonyl (C=O) groups excluding carboxylic acids is 1. The van der Waals surface area contributed by atoms with Crippen molar-refractivity contribution < 1.29 is 22.7 Å². The van der Waals surface area contributed by atoms with Crippen LogP contribution in [0.2, 0.25) is 0 Å². The molecule has 0 aliphatic rings. The third-order valence-corrected chi connectivity index (χ3v) is 2.47. The lowest BCUT2D eigenvalue weighted by atomic mass is 9.92. The van der Waals surface area contributed by atoms with Gasteiger partial charge in [0.2, 0.25) is 5.91 Å². The van der Waals surface area contributed by atoms with Crippen LogP contribution < -0.4 is 15.8 Å². The zero-order valence-corrected chi connectivity index (χ0v) is 10.5. The lowest BCUT2D eigenvalue weighted by Crippen LogP contribution is -2.37. The third-order valence-electron chi connectivity index (χ3n) is 2.47. The molecule has 0 saturated carbocycles. The van der Waals surface area contributed by atoms with Crippen LogP contribution in [0, 0.1) is 5.41 Å². The molecule has 0 saturated heterocycles. The van der Waals surface area contributed by atoms with Crippen molar-refractivity contribution in [2.75, 3.05) is 11.9 Å². The van der Waals surface area contributed by atoms with Crippen molar-refractivity contribution in [3.63, 3.8) is 0 Å². The van der Waals surface area contributed by atoms with Crippen LogP contribution in [0.25, 0.3) is 0 Å². The number of nitrogens with two attached hydrogens (primary N) is 1. The first kappa shape index (κ1) is 15.3. The number of ether oxygens (including phenoxy) is 1. The lowest BCUT2D eigenvalue weighted by molar-refractivity contribution is -0.274. The Balaban J connectivity index is 2.70. The number of rotatable bonds is 4. The summed E-state index contributed by atoms with van der Waals surface area (Å²) in [4.78, 5) is 11.8. The highest BCUT2D eigenvalue weighted by atomic mass is 19.4. The second kappa shape index (κ2) is 5.48. The molecule has 0 aliphatic heterocycles. The minimum atomic E-state index is -4.73. The van der Waals surface area contributed by atoms with Gasteiger partial charge < -0.3 is 15.8 Å². The predicted molar refractivity (Wildman–Crippen MR) is 64.6 cm³/mol. The average Bonchev–Trinajstić information content (AvgIpc) is 2.29. The van der Waals surface area contributed by atoms with Crippen LogP contribution in [-0.2, 0) is 4.79 Å². The van der Waals surface area contributed by atoms with Crippen LogP contribution in [0.5, 0.6) is 5.75 Å². The molecule has 7 heteroatoms. The van der Waals surface area contributed by atoms with E-state index >= 15 is 0 Å². The number of anilines is 1. The highest BCUT2D eigenvalue weighted by Crippen LogP contribution is 2.24. The van der Waals surface area contributed by atoms with Gasteiger partial charge in [0.05, 0.1) is 5.41 Å². The second-order valence-electron chi connectivity index (χ2n) is 4.61. The van der Waals surface area contributed by atoms with Gasteiger partial charge in [0.15, 0.2) is 0 Å². The normalized spacial score (nSPS) is 12.1. The Hall–Kier alpha value is -1.76. The second-order valence-corrected chi connectivity index (χ2v) is 4.61. The molecule has 0 radical (unpaired) electrons. The molecule has 19 heavy (non-hydrogen) atoms. The maximum absolute atomic E-state index is 11.9. The zero-order valence-electron chi connectivity index (χ0n) is 10.5. The molecule has 3 N–H and O–H groups in total. The van der Waals surface area contributed by atoms with E-state index in [2.05, 4.69) is 10.1 Å². The van der Waals surface area contributed by atoms with Gasteiger partial charge in [0, 0.05) is 12.2 Å². The SMILES string of the molecule is CC(C)(CN)C(=O)Nc1ccc(OC(F)(F)F)cc1. The number of hydrogen-bond donors (Lipinski definition) is 2. The molecular formula is C12H15F3N2O2. The largest absolute Gasteiger partial charge is 0.573 e. The Morgan fingerprint density at radius 1 is 1.26 bits per heavy atom. The Morgan fingerprint density at radius 3 is 2.21 bits per heavy atom. The molecule has 0 spiro atoms. The van der Waals surface area contributed by atoms with Crippen LogP contribution in [0.4, 0.5) is 18.9 Å². The van der Waals surface area contributed by atoms with Crippen molar-refractivity contribution in [3.8, 4) is 5.75 Å². The molecule has 106 valence electrons. The van der Waals surface area contributed by atoms with Crippen molar-refractivity contribution in [3.05, 3.63) is 24.3 Å². The predicted octanol–water partition coefficient (Wildman–Crippen LogP) is 2.51. The van der Waals surface area contributed by atoms with Gasteiger partial charge in [0.25, 0.3) is 0 Å². The van der Waals surface area contributed by atoms with Crippen LogP contribution >= 0.6 is 0 Å². The summed E-state index contributed by atoms with van der Waals surface area (Å²) >= 11 is 0. The number of carbonyl (C=O) groups is 1. The quantitative estimate of drug-likeness (QED) is 0.888. The molecule has 0 aromatic heterocycles. The van der Waals surface area contributed by atoms with E-state index in [1.807, 2.05) is 0 Å². The first-order valence-electron chi connectivity index (χ1n) is 5.51.